The second-order valence-corrected chi connectivity index (χ2v) is 3.96. The van der Waals surface area contributed by atoms with Crippen molar-refractivity contribution >= 4 is 0 Å². The fourth-order valence-corrected chi connectivity index (χ4v) is 1.34. The van der Waals surface area contributed by atoms with Gasteiger partial charge in [0, 0.05) is 12.6 Å². The summed E-state index contributed by atoms with van der Waals surface area (Å²) in [6.45, 7) is 1.08. The normalized spacial score (nSPS) is 15.0. The van der Waals surface area contributed by atoms with Crippen LogP contribution in [0.25, 0.3) is 0 Å². The van der Waals surface area contributed by atoms with Crippen molar-refractivity contribution in [1.82, 2.24) is 5.32 Å². The van der Waals surface area contributed by atoms with Gasteiger partial charge in [0.1, 0.15) is 0 Å². The maximum absolute atomic E-state index is 12.2. The summed E-state index contributed by atoms with van der Waals surface area (Å²) < 4.78 is 77.1. The van der Waals surface area contributed by atoms with Crippen LogP contribution >= 0.6 is 0 Å². The van der Waals surface area contributed by atoms with Crippen LogP contribution in [0.4, 0.5) is 26.3 Å². The number of nitrogens with one attached hydrogen (secondary N) is 1. The zero-order chi connectivity index (χ0) is 15.1. The first-order valence-electron chi connectivity index (χ1n) is 5.72. The van der Waals surface area contributed by atoms with E-state index in [9.17, 15) is 26.3 Å². The Morgan fingerprint density at radius 2 is 1.63 bits per heavy atom. The minimum absolute atomic E-state index is 0.0163. The maximum atomic E-state index is 12.2. The quantitative estimate of drug-likeness (QED) is 0.675. The molecule has 0 saturated heterocycles. The molecular formula is C10H17F6NO2. The van der Waals surface area contributed by atoms with Crippen LogP contribution in [0.15, 0.2) is 0 Å². The van der Waals surface area contributed by atoms with E-state index in [1.165, 1.54) is 0 Å². The Hall–Kier alpha value is -0.540. The Morgan fingerprint density at radius 1 is 1.11 bits per heavy atom. The number of halogens is 6. The summed E-state index contributed by atoms with van der Waals surface area (Å²) in [7, 11) is 0. The highest BCUT2D eigenvalue weighted by atomic mass is 19.4. The van der Waals surface area contributed by atoms with Crippen molar-refractivity contribution < 1.29 is 36.2 Å². The van der Waals surface area contributed by atoms with E-state index in [1.54, 1.807) is 6.92 Å². The maximum Gasteiger partial charge on any atom is 0.423 e. The van der Waals surface area contributed by atoms with Crippen molar-refractivity contribution in [3.05, 3.63) is 0 Å². The molecule has 0 aliphatic rings. The van der Waals surface area contributed by atoms with Crippen molar-refractivity contribution in [3.63, 3.8) is 0 Å². The summed E-state index contributed by atoms with van der Waals surface area (Å²) in [6.07, 6.45) is -14.1. The Labute approximate surface area is 106 Å². The number of rotatable bonds is 8. The third-order valence-corrected chi connectivity index (χ3v) is 2.22. The molecule has 0 aliphatic heterocycles. The van der Waals surface area contributed by atoms with Gasteiger partial charge in [0.05, 0.1) is 6.61 Å². The Morgan fingerprint density at radius 3 is 2.00 bits per heavy atom. The van der Waals surface area contributed by atoms with E-state index in [0.29, 0.717) is 13.0 Å². The van der Waals surface area contributed by atoms with Gasteiger partial charge in [-0.15, -0.1) is 0 Å². The third kappa shape index (κ3) is 7.58. The van der Waals surface area contributed by atoms with E-state index < -0.39 is 31.1 Å². The molecule has 0 bridgehead atoms. The summed E-state index contributed by atoms with van der Waals surface area (Å²) >= 11 is 0. The largest absolute Gasteiger partial charge is 0.423 e. The van der Waals surface area contributed by atoms with Gasteiger partial charge in [-0.2, -0.15) is 26.3 Å². The van der Waals surface area contributed by atoms with Crippen LogP contribution in [-0.4, -0.2) is 49.4 Å². The molecule has 0 aromatic rings. The van der Waals surface area contributed by atoms with Crippen LogP contribution in [0.3, 0.4) is 0 Å². The number of alkyl halides is 6. The average molecular weight is 297 g/mol. The molecule has 2 N–H and O–H groups in total. The van der Waals surface area contributed by atoms with Crippen LogP contribution in [-0.2, 0) is 4.74 Å². The molecule has 0 aromatic heterocycles. The molecule has 9 heteroatoms. The van der Waals surface area contributed by atoms with Crippen molar-refractivity contribution in [1.29, 1.82) is 0 Å². The van der Waals surface area contributed by atoms with Crippen LogP contribution in [0, 0.1) is 0 Å². The first-order chi connectivity index (χ1) is 8.62. The predicted molar refractivity (Wildman–Crippen MR) is 55.6 cm³/mol. The van der Waals surface area contributed by atoms with Crippen LogP contribution in [0.5, 0.6) is 0 Å². The summed E-state index contributed by atoms with van der Waals surface area (Å²) in [5.41, 5.74) is 0. The highest BCUT2D eigenvalue weighted by Gasteiger charge is 2.58. The first kappa shape index (κ1) is 18.5. The molecule has 0 aromatic carbocycles. The molecule has 0 saturated carbocycles. The number of aliphatic hydroxyl groups is 1. The number of hydrogen-bond donors (Lipinski definition) is 2. The smallest absolute Gasteiger partial charge is 0.396 e. The Balaban J connectivity index is 4.50. The predicted octanol–water partition coefficient (Wildman–Crippen LogP) is 2.25. The van der Waals surface area contributed by atoms with Crippen molar-refractivity contribution in [2.24, 2.45) is 0 Å². The summed E-state index contributed by atoms with van der Waals surface area (Å²) in [5.74, 6) is 0. The van der Waals surface area contributed by atoms with Crippen molar-refractivity contribution in [2.45, 2.75) is 44.3 Å². The molecular weight excluding hydrogens is 280 g/mol. The average Bonchev–Trinajstić information content (AvgIpc) is 2.22. The fourth-order valence-electron chi connectivity index (χ4n) is 1.34. The lowest BCUT2D eigenvalue weighted by Crippen LogP contribution is -2.47. The Kier molecular flexibility index (Phi) is 7.68. The number of aliphatic hydroxyl groups excluding tert-OH is 1. The standard InChI is InChI=1S/C10H17F6NO2/c1-2-4-17-7(3-5-18)6-19-8(9(11,12)13)10(14,15)16/h7-8,17-18H,2-6H2,1H3. The molecule has 0 fully saturated rings. The molecule has 0 radical (unpaired) electrons. The van der Waals surface area contributed by atoms with E-state index in [2.05, 4.69) is 10.1 Å². The van der Waals surface area contributed by atoms with Gasteiger partial charge in [-0.05, 0) is 19.4 Å². The van der Waals surface area contributed by atoms with Gasteiger partial charge in [0.25, 0.3) is 0 Å². The van der Waals surface area contributed by atoms with E-state index >= 15 is 0 Å². The van der Waals surface area contributed by atoms with Gasteiger partial charge in [-0.3, -0.25) is 0 Å². The molecule has 19 heavy (non-hydrogen) atoms. The van der Waals surface area contributed by atoms with Crippen molar-refractivity contribution in [3.8, 4) is 0 Å². The second-order valence-electron chi connectivity index (χ2n) is 3.96. The highest BCUT2D eigenvalue weighted by molar-refractivity contribution is 4.77. The fraction of sp³-hybridized carbons (Fsp3) is 1.00. The summed E-state index contributed by atoms with van der Waals surface area (Å²) in [5, 5.41) is 11.4. The molecule has 0 rings (SSSR count). The van der Waals surface area contributed by atoms with Gasteiger partial charge in [0.15, 0.2) is 0 Å². The summed E-state index contributed by atoms with van der Waals surface area (Å²) in [4.78, 5) is 0. The molecule has 116 valence electrons. The Bertz CT molecular complexity index is 229. The van der Waals surface area contributed by atoms with E-state index in [4.69, 9.17) is 5.11 Å². The lowest BCUT2D eigenvalue weighted by Gasteiger charge is -2.26. The van der Waals surface area contributed by atoms with Crippen LogP contribution in [0.2, 0.25) is 0 Å². The topological polar surface area (TPSA) is 41.5 Å². The second kappa shape index (κ2) is 7.91. The van der Waals surface area contributed by atoms with Gasteiger partial charge < -0.3 is 15.2 Å². The molecule has 0 amide bonds. The monoisotopic (exact) mass is 297 g/mol. The molecule has 3 nitrogen and oxygen atoms in total. The van der Waals surface area contributed by atoms with E-state index in [1.807, 2.05) is 0 Å². The zero-order valence-electron chi connectivity index (χ0n) is 10.3. The third-order valence-electron chi connectivity index (χ3n) is 2.22. The lowest BCUT2D eigenvalue weighted by atomic mass is 10.2. The van der Waals surface area contributed by atoms with E-state index in [-0.39, 0.29) is 13.0 Å². The zero-order valence-corrected chi connectivity index (χ0v) is 10.3. The minimum atomic E-state index is -5.51. The minimum Gasteiger partial charge on any atom is -0.396 e. The van der Waals surface area contributed by atoms with E-state index in [0.717, 1.165) is 0 Å². The highest BCUT2D eigenvalue weighted by Crippen LogP contribution is 2.35. The van der Waals surface area contributed by atoms with Gasteiger partial charge in [0.2, 0.25) is 6.10 Å². The van der Waals surface area contributed by atoms with Gasteiger partial charge in [-0.1, -0.05) is 6.92 Å². The van der Waals surface area contributed by atoms with Gasteiger partial charge >= 0.3 is 12.4 Å². The molecule has 0 spiro atoms. The number of ether oxygens (including phenoxy) is 1. The first-order valence-corrected chi connectivity index (χ1v) is 5.72. The van der Waals surface area contributed by atoms with Gasteiger partial charge in [-0.25, -0.2) is 0 Å². The summed E-state index contributed by atoms with van der Waals surface area (Å²) in [6, 6.07) is -0.753. The number of hydrogen-bond acceptors (Lipinski definition) is 3. The molecule has 0 aliphatic carbocycles. The molecule has 1 unspecified atom stereocenters. The van der Waals surface area contributed by atoms with Crippen LogP contribution < -0.4 is 5.32 Å². The SMILES string of the molecule is CCCNC(CCO)COC(C(F)(F)F)C(F)(F)F. The van der Waals surface area contributed by atoms with Crippen LogP contribution in [0.1, 0.15) is 19.8 Å². The molecule has 1 atom stereocenters. The lowest BCUT2D eigenvalue weighted by molar-refractivity contribution is -0.322. The molecule has 0 heterocycles. The van der Waals surface area contributed by atoms with Crippen molar-refractivity contribution in [2.75, 3.05) is 19.8 Å².